The summed E-state index contributed by atoms with van der Waals surface area (Å²) in [7, 11) is 0. The van der Waals surface area contributed by atoms with Gasteiger partial charge in [-0.3, -0.25) is 4.99 Å². The first-order valence-corrected chi connectivity index (χ1v) is 9.00. The maximum atomic E-state index is 13.2. The number of hydrogen-bond donors (Lipinski definition) is 1. The van der Waals surface area contributed by atoms with Crippen LogP contribution in [0.4, 0.5) is 8.78 Å². The van der Waals surface area contributed by atoms with E-state index in [4.69, 9.17) is 5.73 Å². The zero-order valence-electron chi connectivity index (χ0n) is 13.3. The highest BCUT2D eigenvalue weighted by Gasteiger charge is 2.19. The van der Waals surface area contributed by atoms with Crippen molar-refractivity contribution in [3.63, 3.8) is 0 Å². The van der Waals surface area contributed by atoms with Crippen LogP contribution in [0, 0.1) is 11.6 Å². The Hall–Kier alpha value is -1.88. The number of amidine groups is 1. The van der Waals surface area contributed by atoms with E-state index in [-0.39, 0.29) is 16.9 Å². The number of benzene rings is 2. The van der Waals surface area contributed by atoms with Gasteiger partial charge in [-0.05, 0) is 48.2 Å². The minimum Gasteiger partial charge on any atom is -0.379 e. The minimum atomic E-state index is -0.283. The smallest absolute Gasteiger partial charge is 0.155 e. The standard InChI is InChI=1S/C19H20F2N2S/c20-15-9-5-13(6-10-15)18(14-7-11-16(21)12-8-14)24-19(22)23-17-3-1-2-4-17/h5-12,17-18H,1-4H2,(H2,22,23). The van der Waals surface area contributed by atoms with Gasteiger partial charge in [0.2, 0.25) is 0 Å². The first-order chi connectivity index (χ1) is 11.6. The quantitative estimate of drug-likeness (QED) is 0.622. The lowest BCUT2D eigenvalue weighted by Crippen LogP contribution is -2.14. The van der Waals surface area contributed by atoms with Crippen molar-refractivity contribution in [3.8, 4) is 0 Å². The van der Waals surface area contributed by atoms with Gasteiger partial charge in [-0.15, -0.1) is 0 Å². The van der Waals surface area contributed by atoms with Crippen LogP contribution in [0.3, 0.4) is 0 Å². The van der Waals surface area contributed by atoms with Gasteiger partial charge in [-0.2, -0.15) is 0 Å². The van der Waals surface area contributed by atoms with E-state index < -0.39 is 0 Å². The number of nitrogens with two attached hydrogens (primary N) is 1. The average molecular weight is 346 g/mol. The Morgan fingerprint density at radius 3 is 1.83 bits per heavy atom. The predicted octanol–water partition coefficient (Wildman–Crippen LogP) is 5.04. The van der Waals surface area contributed by atoms with Crippen molar-refractivity contribution < 1.29 is 8.78 Å². The van der Waals surface area contributed by atoms with Crippen LogP contribution >= 0.6 is 11.8 Å². The molecule has 24 heavy (non-hydrogen) atoms. The number of halogens is 2. The number of thioether (sulfide) groups is 1. The Morgan fingerprint density at radius 1 is 0.917 bits per heavy atom. The summed E-state index contributed by atoms with van der Waals surface area (Å²) in [6.45, 7) is 0. The number of rotatable bonds is 4. The second-order valence-electron chi connectivity index (χ2n) is 6.01. The van der Waals surface area contributed by atoms with E-state index in [0.29, 0.717) is 11.2 Å². The molecule has 0 bridgehead atoms. The summed E-state index contributed by atoms with van der Waals surface area (Å²) in [5, 5.41) is 0.386. The number of hydrogen-bond acceptors (Lipinski definition) is 2. The van der Waals surface area contributed by atoms with Crippen LogP contribution < -0.4 is 5.73 Å². The van der Waals surface area contributed by atoms with E-state index in [9.17, 15) is 8.78 Å². The minimum absolute atomic E-state index is 0.142. The highest BCUT2D eigenvalue weighted by molar-refractivity contribution is 8.14. The first kappa shape index (κ1) is 17.0. The van der Waals surface area contributed by atoms with E-state index in [2.05, 4.69) is 4.99 Å². The molecular weight excluding hydrogens is 326 g/mol. The van der Waals surface area contributed by atoms with Crippen LogP contribution in [-0.4, -0.2) is 11.2 Å². The fourth-order valence-corrected chi connectivity index (χ4v) is 4.01. The normalized spacial score (nSPS) is 16.0. The molecule has 0 atom stereocenters. The highest BCUT2D eigenvalue weighted by Crippen LogP contribution is 2.36. The summed E-state index contributed by atoms with van der Waals surface area (Å²) in [6, 6.07) is 13.0. The Labute approximate surface area is 145 Å². The topological polar surface area (TPSA) is 38.4 Å². The maximum absolute atomic E-state index is 13.2. The van der Waals surface area contributed by atoms with Gasteiger partial charge in [0.1, 0.15) is 11.6 Å². The summed E-state index contributed by atoms with van der Waals surface area (Å²) in [4.78, 5) is 4.61. The molecule has 5 heteroatoms. The molecule has 0 spiro atoms. The van der Waals surface area contributed by atoms with Crippen molar-refractivity contribution in [2.24, 2.45) is 10.7 Å². The maximum Gasteiger partial charge on any atom is 0.155 e. The monoisotopic (exact) mass is 346 g/mol. The number of nitrogens with zero attached hydrogens (tertiary/aromatic N) is 1. The van der Waals surface area contributed by atoms with E-state index in [1.807, 2.05) is 0 Å². The molecule has 0 aromatic heterocycles. The van der Waals surface area contributed by atoms with Gasteiger partial charge >= 0.3 is 0 Å². The van der Waals surface area contributed by atoms with Gasteiger partial charge in [-0.25, -0.2) is 8.78 Å². The molecule has 1 fully saturated rings. The lowest BCUT2D eigenvalue weighted by molar-refractivity contribution is 0.626. The molecule has 0 heterocycles. The van der Waals surface area contributed by atoms with Gasteiger partial charge in [0, 0.05) is 0 Å². The first-order valence-electron chi connectivity index (χ1n) is 8.12. The lowest BCUT2D eigenvalue weighted by atomic mass is 10.0. The van der Waals surface area contributed by atoms with Gasteiger partial charge in [0.25, 0.3) is 0 Å². The van der Waals surface area contributed by atoms with Gasteiger partial charge in [-0.1, -0.05) is 48.9 Å². The molecule has 0 unspecified atom stereocenters. The van der Waals surface area contributed by atoms with Crippen molar-refractivity contribution in [1.29, 1.82) is 0 Å². The molecule has 2 aromatic carbocycles. The van der Waals surface area contributed by atoms with E-state index in [1.165, 1.54) is 48.9 Å². The number of aliphatic imine (C=N–C) groups is 1. The molecule has 1 saturated carbocycles. The fraction of sp³-hybridized carbons (Fsp3) is 0.316. The molecule has 126 valence electrons. The molecular formula is C19H20F2N2S. The second-order valence-corrected chi connectivity index (χ2v) is 7.13. The summed E-state index contributed by atoms with van der Waals surface area (Å²) in [6.07, 6.45) is 4.56. The van der Waals surface area contributed by atoms with Gasteiger partial charge in [0.05, 0.1) is 11.3 Å². The third-order valence-electron chi connectivity index (χ3n) is 4.22. The summed E-state index contributed by atoms with van der Waals surface area (Å²) in [5.41, 5.74) is 7.98. The zero-order valence-corrected chi connectivity index (χ0v) is 14.1. The molecule has 1 aliphatic rings. The fourth-order valence-electron chi connectivity index (χ4n) is 2.97. The second kappa shape index (κ2) is 7.79. The van der Waals surface area contributed by atoms with Crippen molar-refractivity contribution >= 4 is 16.9 Å². The molecule has 3 rings (SSSR count). The zero-order chi connectivity index (χ0) is 16.9. The molecule has 0 saturated heterocycles. The lowest BCUT2D eigenvalue weighted by Gasteiger charge is -2.18. The molecule has 0 aliphatic heterocycles. The van der Waals surface area contributed by atoms with E-state index in [1.54, 1.807) is 24.3 Å². The molecule has 0 radical (unpaired) electrons. The Kier molecular flexibility index (Phi) is 5.51. The van der Waals surface area contributed by atoms with Crippen molar-refractivity contribution in [3.05, 3.63) is 71.3 Å². The van der Waals surface area contributed by atoms with Crippen LogP contribution in [0.5, 0.6) is 0 Å². The van der Waals surface area contributed by atoms with Gasteiger partial charge in [0.15, 0.2) is 5.17 Å². The molecule has 2 aromatic rings. The molecule has 0 amide bonds. The third-order valence-corrected chi connectivity index (χ3v) is 5.35. The Balaban J connectivity index is 1.86. The van der Waals surface area contributed by atoms with Crippen LogP contribution in [-0.2, 0) is 0 Å². The van der Waals surface area contributed by atoms with E-state index in [0.717, 1.165) is 24.0 Å². The summed E-state index contributed by atoms with van der Waals surface area (Å²) < 4.78 is 26.5. The highest BCUT2D eigenvalue weighted by atomic mass is 32.2. The van der Waals surface area contributed by atoms with Crippen LogP contribution in [0.15, 0.2) is 53.5 Å². The molecule has 2 N–H and O–H groups in total. The average Bonchev–Trinajstić information content (AvgIpc) is 3.07. The Morgan fingerprint density at radius 2 is 1.38 bits per heavy atom. The van der Waals surface area contributed by atoms with Crippen molar-refractivity contribution in [2.75, 3.05) is 0 Å². The predicted molar refractivity (Wildman–Crippen MR) is 96.1 cm³/mol. The van der Waals surface area contributed by atoms with E-state index >= 15 is 0 Å². The van der Waals surface area contributed by atoms with Crippen LogP contribution in [0.2, 0.25) is 0 Å². The van der Waals surface area contributed by atoms with Crippen LogP contribution in [0.1, 0.15) is 42.1 Å². The van der Waals surface area contributed by atoms with Gasteiger partial charge < -0.3 is 5.73 Å². The summed E-state index contributed by atoms with van der Waals surface area (Å²) >= 11 is 1.43. The molecule has 1 aliphatic carbocycles. The largest absolute Gasteiger partial charge is 0.379 e. The Bertz CT molecular complexity index is 647. The SMILES string of the molecule is NC(=NC1CCCC1)SC(c1ccc(F)cc1)c1ccc(F)cc1. The van der Waals surface area contributed by atoms with Crippen molar-refractivity contribution in [2.45, 2.75) is 37.0 Å². The third kappa shape index (κ3) is 4.35. The molecule has 2 nitrogen and oxygen atoms in total. The van der Waals surface area contributed by atoms with Crippen LogP contribution in [0.25, 0.3) is 0 Å². The summed E-state index contributed by atoms with van der Waals surface area (Å²) in [5.74, 6) is -0.566. The van der Waals surface area contributed by atoms with Crippen molar-refractivity contribution in [1.82, 2.24) is 0 Å².